The van der Waals surface area contributed by atoms with Gasteiger partial charge in [-0.05, 0) is 50.6 Å². The average Bonchev–Trinajstić information content (AvgIpc) is 3.19. The lowest BCUT2D eigenvalue weighted by atomic mass is 9.79. The first-order valence-corrected chi connectivity index (χ1v) is 13.5. The van der Waals surface area contributed by atoms with Crippen LogP contribution in [0.5, 0.6) is 11.5 Å². The molecule has 0 fully saturated rings. The average molecular weight is 564 g/mol. The summed E-state index contributed by atoms with van der Waals surface area (Å²) in [6.45, 7) is 6.28. The number of hydrogen-bond donors (Lipinski definition) is 1. The summed E-state index contributed by atoms with van der Waals surface area (Å²) in [4.78, 5) is 26.9. The number of hydrogen-bond acceptors (Lipinski definition) is 6. The molecule has 3 aromatic carbocycles. The van der Waals surface area contributed by atoms with Crippen molar-refractivity contribution in [3.8, 4) is 11.5 Å². The second-order valence-corrected chi connectivity index (χ2v) is 9.99. The number of rotatable bonds is 8. The van der Waals surface area contributed by atoms with Gasteiger partial charge in [-0.25, -0.2) is 4.79 Å². The Kier molecular flexibility index (Phi) is 7.69. The monoisotopic (exact) mass is 563 g/mol. The fraction of sp³-hybridized carbons (Fsp3) is 0.226. The third-order valence-corrected chi connectivity index (χ3v) is 7.33. The molecule has 1 atom stereocenters. The molecule has 200 valence electrons. The van der Waals surface area contributed by atoms with E-state index < -0.39 is 11.9 Å². The summed E-state index contributed by atoms with van der Waals surface area (Å²) in [6, 6.07) is 18.1. The van der Waals surface area contributed by atoms with Gasteiger partial charge >= 0.3 is 5.97 Å². The van der Waals surface area contributed by atoms with Gasteiger partial charge in [-0.3, -0.25) is 4.79 Å². The van der Waals surface area contributed by atoms with Gasteiger partial charge in [0.1, 0.15) is 6.61 Å². The molecular weight excluding hydrogens is 537 g/mol. The molecular formula is C31H27Cl2NO5. The number of fused-ring (bicyclic) bond motifs is 2. The van der Waals surface area contributed by atoms with Crippen molar-refractivity contribution >= 4 is 40.7 Å². The molecule has 3 aromatic rings. The maximum absolute atomic E-state index is 13.7. The highest BCUT2D eigenvalue weighted by atomic mass is 35.5. The van der Waals surface area contributed by atoms with E-state index in [0.717, 1.165) is 11.1 Å². The van der Waals surface area contributed by atoms with Gasteiger partial charge < -0.3 is 19.5 Å². The van der Waals surface area contributed by atoms with Crippen LogP contribution >= 0.6 is 23.2 Å². The molecule has 8 heteroatoms. The predicted octanol–water partition coefficient (Wildman–Crippen LogP) is 7.10. The van der Waals surface area contributed by atoms with E-state index in [9.17, 15) is 9.59 Å². The van der Waals surface area contributed by atoms with Gasteiger partial charge in [0.25, 0.3) is 0 Å². The Morgan fingerprint density at radius 1 is 0.923 bits per heavy atom. The fourth-order valence-corrected chi connectivity index (χ4v) is 5.49. The number of Topliss-reactive ketones (excluding diaryl/α,β-unsaturated/α-hetero) is 1. The van der Waals surface area contributed by atoms with Crippen molar-refractivity contribution in [2.24, 2.45) is 0 Å². The van der Waals surface area contributed by atoms with E-state index in [-0.39, 0.29) is 19.0 Å². The van der Waals surface area contributed by atoms with E-state index in [2.05, 4.69) is 5.32 Å². The van der Waals surface area contributed by atoms with Crippen molar-refractivity contribution in [2.45, 2.75) is 33.3 Å². The number of allylic oxidation sites excluding steroid dienone is 2. The molecule has 1 aliphatic carbocycles. The minimum absolute atomic E-state index is 0.122. The third kappa shape index (κ3) is 5.02. The fourth-order valence-electron chi connectivity index (χ4n) is 5.03. The second kappa shape index (κ2) is 11.2. The summed E-state index contributed by atoms with van der Waals surface area (Å²) in [6.07, 6.45) is 0. The van der Waals surface area contributed by atoms with Crippen LogP contribution in [0.1, 0.15) is 53.7 Å². The molecule has 0 spiro atoms. The highest BCUT2D eigenvalue weighted by Gasteiger charge is 2.43. The van der Waals surface area contributed by atoms with Gasteiger partial charge in [-0.2, -0.15) is 0 Å². The summed E-state index contributed by atoms with van der Waals surface area (Å²) < 4.78 is 17.5. The van der Waals surface area contributed by atoms with E-state index in [1.54, 1.807) is 31.2 Å². The molecule has 1 heterocycles. The number of esters is 1. The summed E-state index contributed by atoms with van der Waals surface area (Å²) in [5.41, 5.74) is 5.15. The van der Waals surface area contributed by atoms with Crippen LogP contribution in [0.2, 0.25) is 10.0 Å². The van der Waals surface area contributed by atoms with Crippen molar-refractivity contribution in [3.63, 3.8) is 0 Å². The quantitative estimate of drug-likeness (QED) is 0.294. The van der Waals surface area contributed by atoms with Crippen LogP contribution in [-0.4, -0.2) is 25.0 Å². The van der Waals surface area contributed by atoms with Crippen molar-refractivity contribution in [2.75, 3.05) is 13.2 Å². The molecule has 1 aliphatic heterocycles. The van der Waals surface area contributed by atoms with Crippen LogP contribution in [0.3, 0.4) is 0 Å². The molecule has 0 amide bonds. The molecule has 5 rings (SSSR count). The Bertz CT molecular complexity index is 1540. The number of carbonyl (C=O) groups is 2. The lowest BCUT2D eigenvalue weighted by Gasteiger charge is -2.29. The molecule has 0 radical (unpaired) electrons. The number of carbonyl (C=O) groups excluding carboxylic acids is 2. The van der Waals surface area contributed by atoms with E-state index in [0.29, 0.717) is 61.8 Å². The highest BCUT2D eigenvalue weighted by molar-refractivity contribution is 6.35. The maximum atomic E-state index is 13.7. The molecule has 0 saturated heterocycles. The van der Waals surface area contributed by atoms with Crippen molar-refractivity contribution in [1.29, 1.82) is 0 Å². The molecule has 0 unspecified atom stereocenters. The first kappa shape index (κ1) is 26.9. The van der Waals surface area contributed by atoms with Crippen LogP contribution < -0.4 is 14.8 Å². The molecule has 6 nitrogen and oxygen atoms in total. The summed E-state index contributed by atoms with van der Waals surface area (Å²) >= 11 is 12.3. The third-order valence-electron chi connectivity index (χ3n) is 6.74. The minimum Gasteiger partial charge on any atom is -0.490 e. The lowest BCUT2D eigenvalue weighted by molar-refractivity contribution is -0.138. The van der Waals surface area contributed by atoms with Gasteiger partial charge in [0, 0.05) is 43.9 Å². The normalized spacial score (nSPS) is 16.0. The van der Waals surface area contributed by atoms with Gasteiger partial charge in [-0.15, -0.1) is 0 Å². The van der Waals surface area contributed by atoms with Gasteiger partial charge in [0.15, 0.2) is 17.3 Å². The van der Waals surface area contributed by atoms with E-state index in [1.165, 1.54) is 0 Å². The molecule has 39 heavy (non-hydrogen) atoms. The maximum Gasteiger partial charge on any atom is 0.336 e. The Morgan fingerprint density at radius 3 is 2.41 bits per heavy atom. The van der Waals surface area contributed by atoms with E-state index >= 15 is 0 Å². The molecule has 0 saturated carbocycles. The van der Waals surface area contributed by atoms with Crippen LogP contribution in [0.25, 0.3) is 5.70 Å². The Hall–Kier alpha value is -3.74. The molecule has 0 aromatic heterocycles. The zero-order chi connectivity index (χ0) is 27.7. The summed E-state index contributed by atoms with van der Waals surface area (Å²) in [5, 5.41) is 4.36. The zero-order valence-electron chi connectivity index (χ0n) is 21.8. The van der Waals surface area contributed by atoms with E-state index in [4.69, 9.17) is 37.4 Å². The van der Waals surface area contributed by atoms with Gasteiger partial charge in [0.05, 0.1) is 24.5 Å². The van der Waals surface area contributed by atoms with Gasteiger partial charge in [-0.1, -0.05) is 59.6 Å². The van der Waals surface area contributed by atoms with Crippen molar-refractivity contribution in [3.05, 3.63) is 110 Å². The summed E-state index contributed by atoms with van der Waals surface area (Å²) in [7, 11) is 0. The number of halogens is 2. The SMILES string of the molecule is CCOC(=O)C1=C(C)NC2=C(C(=O)c3ccccc32)[C@@H]1c1ccc(OCc2ccc(Cl)cc2Cl)c(OCC)c1. The second-order valence-electron chi connectivity index (χ2n) is 9.14. The number of benzene rings is 3. The predicted molar refractivity (Wildman–Crippen MR) is 151 cm³/mol. The number of nitrogens with one attached hydrogen (secondary N) is 1. The first-order chi connectivity index (χ1) is 18.8. The van der Waals surface area contributed by atoms with Gasteiger partial charge in [0.2, 0.25) is 0 Å². The number of ether oxygens (including phenoxy) is 3. The van der Waals surface area contributed by atoms with Crippen LogP contribution in [0.15, 0.2) is 77.5 Å². The Labute approximate surface area is 237 Å². The van der Waals surface area contributed by atoms with Crippen LogP contribution in [0.4, 0.5) is 0 Å². The van der Waals surface area contributed by atoms with Crippen LogP contribution in [0, 0.1) is 0 Å². The number of ketones is 1. The topological polar surface area (TPSA) is 73.9 Å². The van der Waals surface area contributed by atoms with Crippen molar-refractivity contribution in [1.82, 2.24) is 5.32 Å². The number of dihydropyridines is 1. The standard InChI is InChI=1S/C31H27Cl2NO5/c1-4-37-25-14-18(11-13-24(25)39-16-19-10-12-20(32)15-23(19)33)27-26(31(36)38-5-2)17(3)34-29-21-8-6-7-9-22(21)30(35)28(27)29/h6-15,27,34H,4-5,16H2,1-3H3/t27-/m1/s1. The Morgan fingerprint density at radius 2 is 1.69 bits per heavy atom. The zero-order valence-corrected chi connectivity index (χ0v) is 23.3. The Balaban J connectivity index is 1.57. The minimum atomic E-state index is -0.654. The largest absolute Gasteiger partial charge is 0.490 e. The lowest BCUT2D eigenvalue weighted by Crippen LogP contribution is -2.29. The van der Waals surface area contributed by atoms with E-state index in [1.807, 2.05) is 50.2 Å². The summed E-state index contributed by atoms with van der Waals surface area (Å²) in [5.74, 6) is -0.250. The van der Waals surface area contributed by atoms with Crippen LogP contribution in [-0.2, 0) is 16.1 Å². The highest BCUT2D eigenvalue weighted by Crippen LogP contribution is 2.48. The molecule has 1 N–H and O–H groups in total. The smallest absolute Gasteiger partial charge is 0.336 e. The molecule has 2 aliphatic rings. The molecule has 0 bridgehead atoms. The first-order valence-electron chi connectivity index (χ1n) is 12.7. The van der Waals surface area contributed by atoms with Crippen molar-refractivity contribution < 1.29 is 23.8 Å².